The smallest absolute Gasteiger partial charge is 0.127 e. The third-order valence-corrected chi connectivity index (χ3v) is 3.73. The molecule has 0 bridgehead atoms. The van der Waals surface area contributed by atoms with E-state index in [0.29, 0.717) is 18.7 Å². The summed E-state index contributed by atoms with van der Waals surface area (Å²) < 4.78 is 19.1. The van der Waals surface area contributed by atoms with E-state index in [2.05, 4.69) is 23.5 Å². The van der Waals surface area contributed by atoms with Crippen LogP contribution in [0, 0.1) is 5.82 Å². The molecule has 0 unspecified atom stereocenters. The summed E-state index contributed by atoms with van der Waals surface area (Å²) in [7, 11) is 1.82. The Bertz CT molecular complexity index is 624. The Labute approximate surface area is 118 Å². The molecule has 0 aliphatic carbocycles. The number of rotatable bonds is 3. The van der Waals surface area contributed by atoms with E-state index in [0.717, 1.165) is 24.2 Å². The highest BCUT2D eigenvalue weighted by Crippen LogP contribution is 2.26. The van der Waals surface area contributed by atoms with Gasteiger partial charge in [-0.2, -0.15) is 0 Å². The highest BCUT2D eigenvalue weighted by Gasteiger charge is 2.11. The highest BCUT2D eigenvalue weighted by molar-refractivity contribution is 5.66. The molecule has 1 heterocycles. The second kappa shape index (κ2) is 5.73. The van der Waals surface area contributed by atoms with Crippen LogP contribution in [0.5, 0.6) is 0 Å². The van der Waals surface area contributed by atoms with Crippen LogP contribution in [0.2, 0.25) is 0 Å². The van der Waals surface area contributed by atoms with Gasteiger partial charge in [0, 0.05) is 12.1 Å². The summed E-state index contributed by atoms with van der Waals surface area (Å²) in [5.74, 6) is -0.158. The maximum atomic E-state index is 13.7. The SMILES string of the molecule is CNCc1cc(-c2ccc3c(c2)CCOC3)ccc1F. The summed E-state index contributed by atoms with van der Waals surface area (Å²) in [6.07, 6.45) is 0.952. The summed E-state index contributed by atoms with van der Waals surface area (Å²) in [6, 6.07) is 11.7. The molecule has 1 aliphatic heterocycles. The van der Waals surface area contributed by atoms with Crippen LogP contribution in [-0.2, 0) is 24.3 Å². The molecule has 20 heavy (non-hydrogen) atoms. The van der Waals surface area contributed by atoms with Crippen molar-refractivity contribution in [3.05, 3.63) is 58.9 Å². The average molecular weight is 271 g/mol. The molecule has 0 saturated heterocycles. The molecule has 0 atom stereocenters. The zero-order valence-electron chi connectivity index (χ0n) is 11.6. The van der Waals surface area contributed by atoms with Crippen molar-refractivity contribution in [2.75, 3.05) is 13.7 Å². The molecule has 1 aliphatic rings. The average Bonchev–Trinajstić information content (AvgIpc) is 2.49. The van der Waals surface area contributed by atoms with Crippen LogP contribution in [0.3, 0.4) is 0 Å². The lowest BCUT2D eigenvalue weighted by Gasteiger charge is -2.17. The van der Waals surface area contributed by atoms with Crippen LogP contribution >= 0.6 is 0 Å². The molecule has 2 aromatic carbocycles. The van der Waals surface area contributed by atoms with Gasteiger partial charge in [-0.1, -0.05) is 24.3 Å². The van der Waals surface area contributed by atoms with Gasteiger partial charge < -0.3 is 10.1 Å². The van der Waals surface area contributed by atoms with Crippen LogP contribution in [0.1, 0.15) is 16.7 Å². The van der Waals surface area contributed by atoms with E-state index < -0.39 is 0 Å². The Morgan fingerprint density at radius 2 is 1.90 bits per heavy atom. The Hall–Kier alpha value is -1.71. The number of benzene rings is 2. The second-order valence-electron chi connectivity index (χ2n) is 5.12. The standard InChI is InChI=1S/C17H18FNO/c1-19-10-16-9-13(4-5-17(16)18)12-2-3-15-11-20-7-6-14(15)8-12/h2-5,8-9,19H,6-7,10-11H2,1H3. The first-order chi connectivity index (χ1) is 9.78. The molecule has 0 saturated carbocycles. The summed E-state index contributed by atoms with van der Waals surface area (Å²) >= 11 is 0. The second-order valence-corrected chi connectivity index (χ2v) is 5.12. The maximum absolute atomic E-state index is 13.7. The lowest BCUT2D eigenvalue weighted by atomic mass is 9.96. The zero-order valence-corrected chi connectivity index (χ0v) is 11.6. The van der Waals surface area contributed by atoms with Gasteiger partial charge in [0.2, 0.25) is 0 Å². The molecular weight excluding hydrogens is 253 g/mol. The topological polar surface area (TPSA) is 21.3 Å². The van der Waals surface area contributed by atoms with Gasteiger partial charge in [0.1, 0.15) is 5.82 Å². The molecule has 0 spiro atoms. The van der Waals surface area contributed by atoms with E-state index >= 15 is 0 Å². The Morgan fingerprint density at radius 3 is 2.75 bits per heavy atom. The van der Waals surface area contributed by atoms with Gasteiger partial charge in [-0.15, -0.1) is 0 Å². The van der Waals surface area contributed by atoms with Crippen molar-refractivity contribution in [1.29, 1.82) is 0 Å². The molecular formula is C17H18FNO. The van der Waals surface area contributed by atoms with Gasteiger partial charge in [-0.3, -0.25) is 0 Å². The van der Waals surface area contributed by atoms with E-state index in [9.17, 15) is 4.39 Å². The number of hydrogen-bond donors (Lipinski definition) is 1. The quantitative estimate of drug-likeness (QED) is 0.925. The monoisotopic (exact) mass is 271 g/mol. The number of halogens is 1. The largest absolute Gasteiger partial charge is 0.376 e. The minimum atomic E-state index is -0.158. The van der Waals surface area contributed by atoms with Crippen molar-refractivity contribution < 1.29 is 9.13 Å². The molecule has 104 valence electrons. The number of nitrogens with one attached hydrogen (secondary N) is 1. The Kier molecular flexibility index (Phi) is 3.81. The van der Waals surface area contributed by atoms with Crippen LogP contribution < -0.4 is 5.32 Å². The summed E-state index contributed by atoms with van der Waals surface area (Å²) in [5.41, 5.74) is 5.51. The molecule has 0 radical (unpaired) electrons. The van der Waals surface area contributed by atoms with Crippen molar-refractivity contribution in [1.82, 2.24) is 5.32 Å². The predicted molar refractivity (Wildman–Crippen MR) is 78.0 cm³/mol. The number of fused-ring (bicyclic) bond motifs is 1. The summed E-state index contributed by atoms with van der Waals surface area (Å²) in [5, 5.41) is 3.00. The van der Waals surface area contributed by atoms with Crippen molar-refractivity contribution in [3.63, 3.8) is 0 Å². The van der Waals surface area contributed by atoms with E-state index in [1.165, 1.54) is 11.1 Å². The van der Waals surface area contributed by atoms with Gasteiger partial charge in [0.25, 0.3) is 0 Å². The Balaban J connectivity index is 1.98. The minimum Gasteiger partial charge on any atom is -0.376 e. The first-order valence-electron chi connectivity index (χ1n) is 6.91. The van der Waals surface area contributed by atoms with Gasteiger partial charge in [0.15, 0.2) is 0 Å². The first-order valence-corrected chi connectivity index (χ1v) is 6.91. The van der Waals surface area contributed by atoms with Crippen LogP contribution in [0.4, 0.5) is 4.39 Å². The fourth-order valence-electron chi connectivity index (χ4n) is 2.62. The van der Waals surface area contributed by atoms with Gasteiger partial charge >= 0.3 is 0 Å². The minimum absolute atomic E-state index is 0.158. The zero-order chi connectivity index (χ0) is 13.9. The molecule has 2 aromatic rings. The Morgan fingerprint density at radius 1 is 1.10 bits per heavy atom. The van der Waals surface area contributed by atoms with Crippen molar-refractivity contribution >= 4 is 0 Å². The molecule has 3 heteroatoms. The molecule has 0 amide bonds. The molecule has 3 rings (SSSR count). The van der Waals surface area contributed by atoms with Crippen molar-refractivity contribution in [2.24, 2.45) is 0 Å². The fourth-order valence-corrected chi connectivity index (χ4v) is 2.62. The van der Waals surface area contributed by atoms with E-state index in [-0.39, 0.29) is 5.82 Å². The fraction of sp³-hybridized carbons (Fsp3) is 0.294. The third kappa shape index (κ3) is 2.60. The van der Waals surface area contributed by atoms with E-state index in [4.69, 9.17) is 4.74 Å². The summed E-state index contributed by atoms with van der Waals surface area (Å²) in [4.78, 5) is 0. The predicted octanol–water partition coefficient (Wildman–Crippen LogP) is 3.28. The molecule has 1 N–H and O–H groups in total. The highest BCUT2D eigenvalue weighted by atomic mass is 19.1. The number of ether oxygens (including phenoxy) is 1. The van der Waals surface area contributed by atoms with Gasteiger partial charge in [0.05, 0.1) is 13.2 Å². The number of hydrogen-bond acceptors (Lipinski definition) is 2. The third-order valence-electron chi connectivity index (χ3n) is 3.73. The van der Waals surface area contributed by atoms with E-state index in [1.54, 1.807) is 6.07 Å². The lowest BCUT2D eigenvalue weighted by Crippen LogP contribution is -2.09. The van der Waals surface area contributed by atoms with Crippen LogP contribution in [0.25, 0.3) is 11.1 Å². The van der Waals surface area contributed by atoms with Gasteiger partial charge in [-0.25, -0.2) is 4.39 Å². The van der Waals surface area contributed by atoms with Gasteiger partial charge in [-0.05, 0) is 47.9 Å². The van der Waals surface area contributed by atoms with Crippen LogP contribution in [0.15, 0.2) is 36.4 Å². The first kappa shape index (κ1) is 13.3. The summed E-state index contributed by atoms with van der Waals surface area (Å²) in [6.45, 7) is 2.02. The molecule has 0 aromatic heterocycles. The van der Waals surface area contributed by atoms with E-state index in [1.807, 2.05) is 19.2 Å². The molecule has 0 fully saturated rings. The lowest BCUT2D eigenvalue weighted by molar-refractivity contribution is 0.111. The van der Waals surface area contributed by atoms with Crippen molar-refractivity contribution in [2.45, 2.75) is 19.6 Å². The van der Waals surface area contributed by atoms with Crippen LogP contribution in [-0.4, -0.2) is 13.7 Å². The normalized spacial score (nSPS) is 14.1. The molecule has 2 nitrogen and oxygen atoms in total. The maximum Gasteiger partial charge on any atom is 0.127 e. The van der Waals surface area contributed by atoms with Crippen molar-refractivity contribution in [3.8, 4) is 11.1 Å².